The van der Waals surface area contributed by atoms with Gasteiger partial charge in [0.1, 0.15) is 22.2 Å². The molecule has 1 amide bonds. The van der Waals surface area contributed by atoms with E-state index in [0.717, 1.165) is 11.5 Å². The second-order valence-electron chi connectivity index (χ2n) is 6.78. The number of H-pyrrole nitrogens is 1. The van der Waals surface area contributed by atoms with E-state index in [-0.39, 0.29) is 16.3 Å². The third-order valence-electron chi connectivity index (χ3n) is 4.67. The molecule has 10 heteroatoms. The van der Waals surface area contributed by atoms with Crippen molar-refractivity contribution < 1.29 is 22.3 Å². The molecule has 0 radical (unpaired) electrons. The maximum Gasteiger partial charge on any atom is 0.272 e. The van der Waals surface area contributed by atoms with Gasteiger partial charge in [-0.15, -0.1) is 0 Å². The van der Waals surface area contributed by atoms with Crippen LogP contribution in [0, 0.1) is 5.82 Å². The first-order chi connectivity index (χ1) is 14.9. The molecular formula is C21H20FN3O4S2. The van der Waals surface area contributed by atoms with Gasteiger partial charge in [-0.25, -0.2) is 12.8 Å². The summed E-state index contributed by atoms with van der Waals surface area (Å²) in [5.41, 5.74) is 0.467. The Balaban J connectivity index is 1.51. The smallest absolute Gasteiger partial charge is 0.272 e. The summed E-state index contributed by atoms with van der Waals surface area (Å²) in [5.74, 6) is 1.15. The Labute approximate surface area is 183 Å². The number of aromatic amines is 1. The van der Waals surface area contributed by atoms with Gasteiger partial charge in [0.05, 0.1) is 5.69 Å². The Bertz CT molecular complexity index is 1190. The Morgan fingerprint density at radius 3 is 2.65 bits per heavy atom. The molecule has 2 aromatic carbocycles. The lowest BCUT2D eigenvalue weighted by Crippen LogP contribution is -2.37. The first kappa shape index (κ1) is 21.4. The lowest BCUT2D eigenvalue weighted by Gasteiger charge is -2.24. The molecule has 1 aliphatic rings. The molecule has 2 N–H and O–H groups in total. The van der Waals surface area contributed by atoms with E-state index in [2.05, 4.69) is 10.3 Å². The molecule has 0 spiro atoms. The van der Waals surface area contributed by atoms with Gasteiger partial charge in [0.25, 0.3) is 5.91 Å². The monoisotopic (exact) mass is 461 g/mol. The number of halogens is 1. The first-order valence-corrected chi connectivity index (χ1v) is 12.1. The van der Waals surface area contributed by atoms with Gasteiger partial charge in [-0.05, 0) is 30.3 Å². The maximum absolute atomic E-state index is 13.4. The van der Waals surface area contributed by atoms with Crippen LogP contribution >= 0.6 is 11.8 Å². The number of para-hydroxylation sites is 2. The molecular weight excluding hydrogens is 441 g/mol. The number of hydrogen-bond donors (Lipinski definition) is 2. The van der Waals surface area contributed by atoms with Crippen molar-refractivity contribution in [3.8, 4) is 11.5 Å². The van der Waals surface area contributed by atoms with Gasteiger partial charge in [0.2, 0.25) is 10.0 Å². The van der Waals surface area contributed by atoms with Crippen LogP contribution in [0.1, 0.15) is 10.5 Å². The predicted octanol–water partition coefficient (Wildman–Crippen LogP) is 3.94. The van der Waals surface area contributed by atoms with Crippen molar-refractivity contribution in [2.75, 3.05) is 29.9 Å². The van der Waals surface area contributed by atoms with Crippen LogP contribution in [0.3, 0.4) is 0 Å². The van der Waals surface area contributed by atoms with E-state index in [1.165, 1.54) is 34.8 Å². The lowest BCUT2D eigenvalue weighted by molar-refractivity contribution is 0.102. The second kappa shape index (κ2) is 9.13. The number of anilines is 1. The van der Waals surface area contributed by atoms with Crippen molar-refractivity contribution in [1.82, 2.24) is 9.29 Å². The lowest BCUT2D eigenvalue weighted by atomic mass is 10.2. The molecule has 0 atom stereocenters. The van der Waals surface area contributed by atoms with Gasteiger partial charge in [0.15, 0.2) is 5.75 Å². The number of hydrogen-bond acceptors (Lipinski definition) is 5. The average molecular weight is 462 g/mol. The number of thioether (sulfide) groups is 1. The SMILES string of the molecule is O=C(Nc1ccccc1Oc1cccc(F)c1)c1cc(S(=O)(=O)N2CCSCC2)c[nH]1. The summed E-state index contributed by atoms with van der Waals surface area (Å²) in [5, 5.41) is 2.71. The fourth-order valence-corrected chi connectivity index (χ4v) is 5.67. The number of nitrogens with zero attached hydrogens (tertiary/aromatic N) is 1. The van der Waals surface area contributed by atoms with Gasteiger partial charge >= 0.3 is 0 Å². The van der Waals surface area contributed by atoms with Crippen LogP contribution in [0.15, 0.2) is 65.7 Å². The molecule has 1 aliphatic heterocycles. The highest BCUT2D eigenvalue weighted by Gasteiger charge is 2.28. The Morgan fingerprint density at radius 2 is 1.87 bits per heavy atom. The molecule has 0 saturated carbocycles. The summed E-state index contributed by atoms with van der Waals surface area (Å²) in [4.78, 5) is 15.5. The number of ether oxygens (including phenoxy) is 1. The van der Waals surface area contributed by atoms with E-state index < -0.39 is 21.7 Å². The van der Waals surface area contributed by atoms with E-state index in [4.69, 9.17) is 4.74 Å². The standard InChI is InChI=1S/C21H20FN3O4S2/c22-15-4-3-5-16(12-15)29-20-7-2-1-6-18(20)24-21(26)19-13-17(14-23-19)31(27,28)25-8-10-30-11-9-25/h1-7,12-14,23H,8-11H2,(H,24,26). The van der Waals surface area contributed by atoms with Crippen LogP contribution in [0.2, 0.25) is 0 Å². The number of amides is 1. The van der Waals surface area contributed by atoms with Crippen LogP contribution in [0.4, 0.5) is 10.1 Å². The Morgan fingerprint density at radius 1 is 1.10 bits per heavy atom. The number of carbonyl (C=O) groups excluding carboxylic acids is 1. The van der Waals surface area contributed by atoms with Crippen molar-refractivity contribution in [2.45, 2.75) is 4.90 Å². The molecule has 7 nitrogen and oxygen atoms in total. The molecule has 2 heterocycles. The third kappa shape index (κ3) is 4.92. The largest absolute Gasteiger partial charge is 0.455 e. The highest BCUT2D eigenvalue weighted by atomic mass is 32.2. The number of nitrogens with one attached hydrogen (secondary N) is 2. The summed E-state index contributed by atoms with van der Waals surface area (Å²) in [6.45, 7) is 0.898. The molecule has 3 aromatic rings. The fraction of sp³-hybridized carbons (Fsp3) is 0.190. The van der Waals surface area contributed by atoms with Crippen LogP contribution < -0.4 is 10.1 Å². The van der Waals surface area contributed by atoms with Gasteiger partial charge in [-0.2, -0.15) is 16.1 Å². The molecule has 1 saturated heterocycles. The van der Waals surface area contributed by atoms with Gasteiger partial charge in [-0.3, -0.25) is 4.79 Å². The minimum absolute atomic E-state index is 0.0499. The topological polar surface area (TPSA) is 91.5 Å². The number of rotatable bonds is 6. The summed E-state index contributed by atoms with van der Waals surface area (Å²) in [7, 11) is -3.65. The van der Waals surface area contributed by atoms with Crippen molar-refractivity contribution in [3.63, 3.8) is 0 Å². The van der Waals surface area contributed by atoms with Crippen LogP contribution in [-0.2, 0) is 10.0 Å². The normalized spacial score (nSPS) is 14.9. The van der Waals surface area contributed by atoms with Crippen molar-refractivity contribution in [3.05, 3.63) is 72.3 Å². The van der Waals surface area contributed by atoms with Crippen LogP contribution in [0.25, 0.3) is 0 Å². The van der Waals surface area contributed by atoms with E-state index >= 15 is 0 Å². The predicted molar refractivity (Wildman–Crippen MR) is 118 cm³/mol. The van der Waals surface area contributed by atoms with Crippen molar-refractivity contribution >= 4 is 33.4 Å². The number of benzene rings is 2. The van der Waals surface area contributed by atoms with Gasteiger partial charge < -0.3 is 15.0 Å². The summed E-state index contributed by atoms with van der Waals surface area (Å²) in [6, 6.07) is 13.7. The Kier molecular flexibility index (Phi) is 6.30. The molecule has 0 aliphatic carbocycles. The molecule has 4 rings (SSSR count). The van der Waals surface area contributed by atoms with E-state index in [9.17, 15) is 17.6 Å². The van der Waals surface area contributed by atoms with Crippen molar-refractivity contribution in [1.29, 1.82) is 0 Å². The third-order valence-corrected chi connectivity index (χ3v) is 7.49. The van der Waals surface area contributed by atoms with Crippen molar-refractivity contribution in [2.24, 2.45) is 0 Å². The molecule has 1 aromatic heterocycles. The maximum atomic E-state index is 13.4. The second-order valence-corrected chi connectivity index (χ2v) is 9.94. The average Bonchev–Trinajstić information content (AvgIpc) is 3.27. The highest BCUT2D eigenvalue weighted by molar-refractivity contribution is 7.99. The zero-order chi connectivity index (χ0) is 21.8. The van der Waals surface area contributed by atoms with Gasteiger partial charge in [0, 0.05) is 36.9 Å². The zero-order valence-electron chi connectivity index (χ0n) is 16.4. The Hall–Kier alpha value is -2.82. The van der Waals surface area contributed by atoms with Crippen LogP contribution in [0.5, 0.6) is 11.5 Å². The number of carbonyl (C=O) groups is 1. The molecule has 1 fully saturated rings. The molecule has 0 bridgehead atoms. The summed E-state index contributed by atoms with van der Waals surface area (Å²) >= 11 is 1.71. The quantitative estimate of drug-likeness (QED) is 0.580. The van der Waals surface area contributed by atoms with Gasteiger partial charge in [-0.1, -0.05) is 18.2 Å². The van der Waals surface area contributed by atoms with E-state index in [0.29, 0.717) is 24.5 Å². The molecule has 0 unspecified atom stereocenters. The molecule has 31 heavy (non-hydrogen) atoms. The first-order valence-electron chi connectivity index (χ1n) is 9.53. The van der Waals surface area contributed by atoms with E-state index in [1.54, 1.807) is 42.1 Å². The number of sulfonamides is 1. The minimum Gasteiger partial charge on any atom is -0.455 e. The fourth-order valence-electron chi connectivity index (χ4n) is 3.10. The molecule has 162 valence electrons. The van der Waals surface area contributed by atoms with E-state index in [1.807, 2.05) is 0 Å². The zero-order valence-corrected chi connectivity index (χ0v) is 18.0. The van der Waals surface area contributed by atoms with Crippen LogP contribution in [-0.4, -0.2) is 48.2 Å². The minimum atomic E-state index is -3.65. The summed E-state index contributed by atoms with van der Waals surface area (Å²) < 4.78 is 46.1. The summed E-state index contributed by atoms with van der Waals surface area (Å²) in [6.07, 6.45) is 1.32. The highest BCUT2D eigenvalue weighted by Crippen LogP contribution is 2.30. The number of aromatic nitrogens is 1.